The smallest absolute Gasteiger partial charge is 0.361 e. The molecule has 0 amide bonds. The predicted molar refractivity (Wildman–Crippen MR) is 58.2 cm³/mol. The van der Waals surface area contributed by atoms with Gasteiger partial charge in [-0.3, -0.25) is 0 Å². The number of halogens is 1. The van der Waals surface area contributed by atoms with E-state index >= 15 is 0 Å². The van der Waals surface area contributed by atoms with Crippen molar-refractivity contribution in [3.8, 4) is 11.4 Å². The standard InChI is InChI=1S/C9H8BrN3O3/c1-15-9(14)7-8-6(11-12-7)3-5(10)4-13(8)16-2/h3-4H,1-2H3. The second-order valence-electron chi connectivity index (χ2n) is 2.94. The molecule has 84 valence electrons. The molecule has 0 saturated carbocycles. The number of fused-ring (bicyclic) bond motifs is 1. The Morgan fingerprint density at radius 3 is 2.81 bits per heavy atom. The maximum Gasteiger partial charge on any atom is 0.361 e. The van der Waals surface area contributed by atoms with Crippen LogP contribution in [0.5, 0.6) is 0 Å². The van der Waals surface area contributed by atoms with E-state index in [0.717, 1.165) is 4.47 Å². The number of hydrogen-bond donors (Lipinski definition) is 0. The fraction of sp³-hybridized carbons (Fsp3) is 0.222. The van der Waals surface area contributed by atoms with Gasteiger partial charge in [-0.2, -0.15) is 4.73 Å². The van der Waals surface area contributed by atoms with E-state index < -0.39 is 5.97 Å². The van der Waals surface area contributed by atoms with Gasteiger partial charge in [0.1, 0.15) is 18.5 Å². The number of pyridine rings is 1. The van der Waals surface area contributed by atoms with Crippen LogP contribution in [0.2, 0.25) is 0 Å². The van der Waals surface area contributed by atoms with Crippen molar-refractivity contribution in [2.75, 3.05) is 14.2 Å². The number of rotatable bonds is 2. The van der Waals surface area contributed by atoms with E-state index in [9.17, 15) is 4.79 Å². The fourth-order valence-electron chi connectivity index (χ4n) is 1.36. The molecule has 2 aliphatic heterocycles. The van der Waals surface area contributed by atoms with Gasteiger partial charge in [-0.25, -0.2) is 4.79 Å². The molecule has 0 atom stereocenters. The first-order valence-corrected chi connectivity index (χ1v) is 5.13. The summed E-state index contributed by atoms with van der Waals surface area (Å²) in [4.78, 5) is 16.5. The van der Waals surface area contributed by atoms with Crippen LogP contribution < -0.4 is 4.84 Å². The Balaban J connectivity index is 2.67. The maximum atomic E-state index is 11.4. The molecule has 0 spiro atoms. The molecular weight excluding hydrogens is 278 g/mol. The Bertz CT molecular complexity index is 511. The summed E-state index contributed by atoms with van der Waals surface area (Å²) in [6.45, 7) is 0. The summed E-state index contributed by atoms with van der Waals surface area (Å²) < 4.78 is 6.79. The monoisotopic (exact) mass is 285 g/mol. The van der Waals surface area contributed by atoms with Crippen LogP contribution in [0.15, 0.2) is 16.7 Å². The summed E-state index contributed by atoms with van der Waals surface area (Å²) in [6, 6.07) is 1.74. The second kappa shape index (κ2) is 4.09. The van der Waals surface area contributed by atoms with Gasteiger partial charge in [0.2, 0.25) is 0 Å². The van der Waals surface area contributed by atoms with E-state index in [1.807, 2.05) is 0 Å². The third-order valence-corrected chi connectivity index (χ3v) is 2.47. The van der Waals surface area contributed by atoms with Crippen molar-refractivity contribution in [2.24, 2.45) is 0 Å². The van der Waals surface area contributed by atoms with Crippen molar-refractivity contribution in [3.05, 3.63) is 22.4 Å². The SMILES string of the molecule is COC(=O)c1nnc2cc(Br)cn(OC)c1-2. The Hall–Kier alpha value is -1.63. The highest BCUT2D eigenvalue weighted by atomic mass is 79.9. The number of carbonyl (C=O) groups is 1. The topological polar surface area (TPSA) is 66.2 Å². The van der Waals surface area contributed by atoms with Gasteiger partial charge in [0.25, 0.3) is 0 Å². The Morgan fingerprint density at radius 2 is 2.19 bits per heavy atom. The first kappa shape index (κ1) is 10.9. The highest BCUT2D eigenvalue weighted by molar-refractivity contribution is 9.10. The first-order chi connectivity index (χ1) is 7.67. The van der Waals surface area contributed by atoms with Crippen LogP contribution in [0.1, 0.15) is 10.5 Å². The molecule has 2 heterocycles. The molecule has 0 N–H and O–H groups in total. The summed E-state index contributed by atoms with van der Waals surface area (Å²) in [5.41, 5.74) is 1.17. The molecule has 0 radical (unpaired) electrons. The van der Waals surface area contributed by atoms with Crippen molar-refractivity contribution in [1.82, 2.24) is 14.9 Å². The van der Waals surface area contributed by atoms with Crippen LogP contribution in [0, 0.1) is 0 Å². The number of aromatic nitrogens is 3. The third kappa shape index (κ3) is 1.63. The van der Waals surface area contributed by atoms with Crippen LogP contribution in [0.25, 0.3) is 11.4 Å². The molecule has 0 aromatic carbocycles. The highest BCUT2D eigenvalue weighted by Gasteiger charge is 2.24. The van der Waals surface area contributed by atoms with Gasteiger partial charge in [0, 0.05) is 4.47 Å². The van der Waals surface area contributed by atoms with Gasteiger partial charge in [-0.1, -0.05) is 0 Å². The zero-order valence-corrected chi connectivity index (χ0v) is 10.2. The lowest BCUT2D eigenvalue weighted by Crippen LogP contribution is -2.13. The number of ether oxygens (including phenoxy) is 1. The van der Waals surface area contributed by atoms with Crippen LogP contribution in [0.4, 0.5) is 0 Å². The van der Waals surface area contributed by atoms with Gasteiger partial charge >= 0.3 is 5.97 Å². The van der Waals surface area contributed by atoms with Crippen LogP contribution in [0.3, 0.4) is 0 Å². The third-order valence-electron chi connectivity index (χ3n) is 2.04. The van der Waals surface area contributed by atoms with Crippen molar-refractivity contribution in [3.63, 3.8) is 0 Å². The molecule has 0 aromatic rings. The van der Waals surface area contributed by atoms with Gasteiger partial charge in [-0.05, 0) is 22.0 Å². The molecule has 16 heavy (non-hydrogen) atoms. The van der Waals surface area contributed by atoms with E-state index in [4.69, 9.17) is 4.84 Å². The van der Waals surface area contributed by atoms with Gasteiger partial charge in [0.15, 0.2) is 5.69 Å². The molecule has 7 heteroatoms. The van der Waals surface area contributed by atoms with Crippen molar-refractivity contribution in [1.29, 1.82) is 0 Å². The molecular formula is C9H8BrN3O3. The minimum absolute atomic E-state index is 0.131. The largest absolute Gasteiger partial charge is 0.464 e. The predicted octanol–water partition coefficient (Wildman–Crippen LogP) is 0.990. The molecule has 0 unspecified atom stereocenters. The van der Waals surface area contributed by atoms with Crippen LogP contribution in [-0.4, -0.2) is 35.1 Å². The molecule has 2 aliphatic rings. The number of carbonyl (C=O) groups excluding carboxylic acids is 1. The molecule has 0 bridgehead atoms. The summed E-state index contributed by atoms with van der Waals surface area (Å²) in [5, 5.41) is 7.65. The van der Waals surface area contributed by atoms with E-state index in [-0.39, 0.29) is 5.69 Å². The number of methoxy groups -OCH3 is 1. The number of hydrogen-bond acceptors (Lipinski definition) is 5. The van der Waals surface area contributed by atoms with Crippen molar-refractivity contribution >= 4 is 21.9 Å². The molecule has 6 nitrogen and oxygen atoms in total. The van der Waals surface area contributed by atoms with Crippen LogP contribution in [-0.2, 0) is 4.74 Å². The lowest BCUT2D eigenvalue weighted by atomic mass is 10.2. The summed E-state index contributed by atoms with van der Waals surface area (Å²) in [7, 11) is 2.78. The molecule has 0 fully saturated rings. The Morgan fingerprint density at radius 1 is 1.44 bits per heavy atom. The average molecular weight is 286 g/mol. The Kier molecular flexibility index (Phi) is 2.78. The van der Waals surface area contributed by atoms with Gasteiger partial charge < -0.3 is 9.57 Å². The number of nitrogens with zero attached hydrogens (tertiary/aromatic N) is 3. The normalized spacial score (nSPS) is 10.4. The zero-order valence-electron chi connectivity index (χ0n) is 8.60. The van der Waals surface area contributed by atoms with E-state index in [1.165, 1.54) is 19.0 Å². The summed E-state index contributed by atoms with van der Waals surface area (Å²) in [6.07, 6.45) is 1.66. The minimum atomic E-state index is -0.546. The lowest BCUT2D eigenvalue weighted by molar-refractivity contribution is 0.0591. The quantitative estimate of drug-likeness (QED) is 0.770. The van der Waals surface area contributed by atoms with E-state index in [0.29, 0.717) is 11.4 Å². The summed E-state index contributed by atoms with van der Waals surface area (Å²) in [5.74, 6) is -0.546. The second-order valence-corrected chi connectivity index (χ2v) is 3.86. The Labute approximate surface area is 99.6 Å². The maximum absolute atomic E-state index is 11.4. The van der Waals surface area contributed by atoms with Gasteiger partial charge in [0.05, 0.1) is 13.3 Å². The van der Waals surface area contributed by atoms with Crippen molar-refractivity contribution in [2.45, 2.75) is 0 Å². The van der Waals surface area contributed by atoms with Crippen molar-refractivity contribution < 1.29 is 14.4 Å². The summed E-state index contributed by atoms with van der Waals surface area (Å²) >= 11 is 3.30. The fourth-order valence-corrected chi connectivity index (χ4v) is 1.76. The number of esters is 1. The highest BCUT2D eigenvalue weighted by Crippen LogP contribution is 2.26. The van der Waals surface area contributed by atoms with E-state index in [1.54, 1.807) is 12.3 Å². The average Bonchev–Trinajstić information content (AvgIpc) is 2.70. The minimum Gasteiger partial charge on any atom is -0.464 e. The van der Waals surface area contributed by atoms with Gasteiger partial charge in [-0.15, -0.1) is 10.2 Å². The van der Waals surface area contributed by atoms with E-state index in [2.05, 4.69) is 30.9 Å². The van der Waals surface area contributed by atoms with Crippen LogP contribution >= 0.6 is 15.9 Å². The zero-order chi connectivity index (χ0) is 11.7. The molecule has 0 aromatic heterocycles. The molecule has 2 rings (SSSR count). The molecule has 0 saturated heterocycles. The first-order valence-electron chi connectivity index (χ1n) is 4.34. The molecule has 0 aliphatic carbocycles. The lowest BCUT2D eigenvalue weighted by Gasteiger charge is -2.10.